The van der Waals surface area contributed by atoms with E-state index in [-0.39, 0.29) is 11.2 Å². The van der Waals surface area contributed by atoms with E-state index in [0.717, 1.165) is 37.8 Å². The highest BCUT2D eigenvalue weighted by Gasteiger charge is 2.37. The summed E-state index contributed by atoms with van der Waals surface area (Å²) in [7, 11) is 0. The van der Waals surface area contributed by atoms with Crippen LogP contribution in [0.5, 0.6) is 0 Å². The lowest BCUT2D eigenvalue weighted by molar-refractivity contribution is 0.432. The zero-order valence-corrected chi connectivity index (χ0v) is 10.8. The Bertz CT molecular complexity index is 377. The molecular formula is C15H22FN. The van der Waals surface area contributed by atoms with E-state index in [9.17, 15) is 4.39 Å². The van der Waals surface area contributed by atoms with Crippen LogP contribution >= 0.6 is 0 Å². The molecule has 2 atom stereocenters. The summed E-state index contributed by atoms with van der Waals surface area (Å²) in [5, 5.41) is 3.55. The maximum atomic E-state index is 13.8. The molecule has 2 heteroatoms. The number of halogens is 1. The molecule has 1 fully saturated rings. The number of nitrogens with one attached hydrogen (secondary N) is 1. The van der Waals surface area contributed by atoms with Crippen molar-refractivity contribution in [2.75, 3.05) is 6.54 Å². The van der Waals surface area contributed by atoms with Gasteiger partial charge in [-0.25, -0.2) is 4.39 Å². The van der Waals surface area contributed by atoms with E-state index in [1.807, 2.05) is 12.1 Å². The Hall–Kier alpha value is -0.890. The maximum Gasteiger partial charge on any atom is 0.126 e. The van der Waals surface area contributed by atoms with Gasteiger partial charge in [-0.05, 0) is 49.3 Å². The Morgan fingerprint density at radius 2 is 2.18 bits per heavy atom. The van der Waals surface area contributed by atoms with Gasteiger partial charge in [0.15, 0.2) is 0 Å². The van der Waals surface area contributed by atoms with E-state index in [1.165, 1.54) is 0 Å². The van der Waals surface area contributed by atoms with Crippen molar-refractivity contribution in [2.45, 2.75) is 51.0 Å². The first-order valence-electron chi connectivity index (χ1n) is 6.64. The van der Waals surface area contributed by atoms with Crippen molar-refractivity contribution in [3.05, 3.63) is 35.6 Å². The molecule has 1 aliphatic carbocycles. The lowest BCUT2D eigenvalue weighted by atomic mass is 9.80. The molecule has 0 spiro atoms. The Morgan fingerprint density at radius 1 is 1.41 bits per heavy atom. The SMILES string of the molecule is CCCNC1CCC(C)(c2ccccc2F)C1. The highest BCUT2D eigenvalue weighted by atomic mass is 19.1. The molecule has 2 rings (SSSR count). The smallest absolute Gasteiger partial charge is 0.126 e. The molecule has 0 aromatic heterocycles. The third kappa shape index (κ3) is 2.68. The fourth-order valence-electron chi connectivity index (χ4n) is 2.96. The summed E-state index contributed by atoms with van der Waals surface area (Å²) in [5.41, 5.74) is 0.900. The Morgan fingerprint density at radius 3 is 2.88 bits per heavy atom. The summed E-state index contributed by atoms with van der Waals surface area (Å²) >= 11 is 0. The predicted molar refractivity (Wildman–Crippen MR) is 69.7 cm³/mol. The van der Waals surface area contributed by atoms with Crippen molar-refractivity contribution in [3.8, 4) is 0 Å². The molecule has 17 heavy (non-hydrogen) atoms. The highest BCUT2D eigenvalue weighted by Crippen LogP contribution is 2.41. The fraction of sp³-hybridized carbons (Fsp3) is 0.600. The van der Waals surface area contributed by atoms with Gasteiger partial charge < -0.3 is 5.32 Å². The molecule has 0 saturated heterocycles. The Balaban J connectivity index is 2.09. The Kier molecular flexibility index (Phi) is 3.82. The van der Waals surface area contributed by atoms with Gasteiger partial charge in [-0.2, -0.15) is 0 Å². The van der Waals surface area contributed by atoms with Gasteiger partial charge in [0.25, 0.3) is 0 Å². The van der Waals surface area contributed by atoms with Crippen LogP contribution in [0.1, 0.15) is 45.1 Å². The Labute approximate surface area is 103 Å². The van der Waals surface area contributed by atoms with Gasteiger partial charge in [0, 0.05) is 6.04 Å². The van der Waals surface area contributed by atoms with Gasteiger partial charge in [0.05, 0.1) is 0 Å². The highest BCUT2D eigenvalue weighted by molar-refractivity contribution is 5.28. The summed E-state index contributed by atoms with van der Waals surface area (Å²) < 4.78 is 13.8. The van der Waals surface area contributed by atoms with Crippen molar-refractivity contribution in [1.82, 2.24) is 5.32 Å². The van der Waals surface area contributed by atoms with Crippen molar-refractivity contribution in [3.63, 3.8) is 0 Å². The lowest BCUT2D eigenvalue weighted by Gasteiger charge is -2.25. The monoisotopic (exact) mass is 235 g/mol. The second-order valence-corrected chi connectivity index (χ2v) is 5.43. The van der Waals surface area contributed by atoms with Gasteiger partial charge in [-0.3, -0.25) is 0 Å². The maximum absolute atomic E-state index is 13.8. The van der Waals surface area contributed by atoms with Crippen LogP contribution < -0.4 is 5.32 Å². The molecule has 0 aliphatic heterocycles. The number of hydrogen-bond acceptors (Lipinski definition) is 1. The van der Waals surface area contributed by atoms with Gasteiger partial charge in [0.2, 0.25) is 0 Å². The largest absolute Gasteiger partial charge is 0.314 e. The van der Waals surface area contributed by atoms with Gasteiger partial charge in [-0.15, -0.1) is 0 Å². The molecule has 0 bridgehead atoms. The molecular weight excluding hydrogens is 213 g/mol. The van der Waals surface area contributed by atoms with Crippen LogP contribution in [0.15, 0.2) is 24.3 Å². The van der Waals surface area contributed by atoms with Crippen molar-refractivity contribution in [2.24, 2.45) is 0 Å². The zero-order chi connectivity index (χ0) is 12.3. The summed E-state index contributed by atoms with van der Waals surface area (Å²) in [5.74, 6) is -0.0499. The van der Waals surface area contributed by atoms with Crippen LogP contribution in [0, 0.1) is 5.82 Å². The van der Waals surface area contributed by atoms with Gasteiger partial charge in [0.1, 0.15) is 5.82 Å². The van der Waals surface area contributed by atoms with Crippen LogP contribution in [-0.4, -0.2) is 12.6 Å². The van der Waals surface area contributed by atoms with E-state index >= 15 is 0 Å². The van der Waals surface area contributed by atoms with E-state index in [0.29, 0.717) is 6.04 Å². The van der Waals surface area contributed by atoms with E-state index in [4.69, 9.17) is 0 Å². The molecule has 1 aromatic carbocycles. The first-order valence-corrected chi connectivity index (χ1v) is 6.64. The minimum Gasteiger partial charge on any atom is -0.314 e. The van der Waals surface area contributed by atoms with Crippen molar-refractivity contribution < 1.29 is 4.39 Å². The molecule has 2 unspecified atom stereocenters. The van der Waals surface area contributed by atoms with E-state index in [1.54, 1.807) is 12.1 Å². The molecule has 1 nitrogen and oxygen atoms in total. The second kappa shape index (κ2) is 5.18. The molecule has 1 aromatic rings. The average Bonchev–Trinajstić information content (AvgIpc) is 2.70. The third-order valence-corrected chi connectivity index (χ3v) is 3.95. The van der Waals surface area contributed by atoms with Crippen LogP contribution in [0.25, 0.3) is 0 Å². The lowest BCUT2D eigenvalue weighted by Crippen LogP contribution is -2.29. The topological polar surface area (TPSA) is 12.0 Å². The summed E-state index contributed by atoms with van der Waals surface area (Å²) in [6.07, 6.45) is 4.45. The average molecular weight is 235 g/mol. The molecule has 94 valence electrons. The van der Waals surface area contributed by atoms with Crippen LogP contribution in [0.4, 0.5) is 4.39 Å². The fourth-order valence-corrected chi connectivity index (χ4v) is 2.96. The first-order chi connectivity index (χ1) is 8.15. The van der Waals surface area contributed by atoms with Crippen LogP contribution in [0.3, 0.4) is 0 Å². The van der Waals surface area contributed by atoms with Gasteiger partial charge in [-0.1, -0.05) is 32.0 Å². The zero-order valence-electron chi connectivity index (χ0n) is 10.8. The predicted octanol–water partition coefficient (Wildman–Crippen LogP) is 3.64. The molecule has 0 heterocycles. The van der Waals surface area contributed by atoms with Crippen LogP contribution in [-0.2, 0) is 5.41 Å². The first kappa shape index (κ1) is 12.6. The summed E-state index contributed by atoms with van der Waals surface area (Å²) in [4.78, 5) is 0. The molecule has 1 aliphatic rings. The molecule has 0 amide bonds. The summed E-state index contributed by atoms with van der Waals surface area (Å²) in [6.45, 7) is 5.44. The second-order valence-electron chi connectivity index (χ2n) is 5.43. The van der Waals surface area contributed by atoms with Crippen LogP contribution in [0.2, 0.25) is 0 Å². The molecule has 1 saturated carbocycles. The van der Waals surface area contributed by atoms with Gasteiger partial charge >= 0.3 is 0 Å². The number of benzene rings is 1. The van der Waals surface area contributed by atoms with Crippen molar-refractivity contribution >= 4 is 0 Å². The minimum atomic E-state index is -0.0499. The molecule has 1 N–H and O–H groups in total. The minimum absolute atomic E-state index is 0.0107. The number of rotatable bonds is 4. The van der Waals surface area contributed by atoms with Crippen molar-refractivity contribution in [1.29, 1.82) is 0 Å². The molecule has 0 radical (unpaired) electrons. The standard InChI is InChI=1S/C15H22FN/c1-3-10-17-12-8-9-15(2,11-12)13-6-4-5-7-14(13)16/h4-7,12,17H,3,8-11H2,1-2H3. The summed E-state index contributed by atoms with van der Waals surface area (Å²) in [6, 6.07) is 7.78. The number of hydrogen-bond donors (Lipinski definition) is 1. The van der Waals surface area contributed by atoms with E-state index < -0.39 is 0 Å². The quantitative estimate of drug-likeness (QED) is 0.840. The van der Waals surface area contributed by atoms with E-state index in [2.05, 4.69) is 19.2 Å². The normalized spacial score (nSPS) is 28.5. The third-order valence-electron chi connectivity index (χ3n) is 3.95.